The lowest BCUT2D eigenvalue weighted by molar-refractivity contribution is -0.150. The number of nitrogens with one attached hydrogen (secondary N) is 1. The SMILES string of the molecule is CC(C)C(C(=O)O)N1CCC(NC(=O)C2CCN(c3cccc(Cl)c3)C2=O)C1=O. The number of carboxylic acids is 1. The minimum Gasteiger partial charge on any atom is -0.480 e. The molecule has 0 spiro atoms. The molecule has 2 N–H and O–H groups in total. The molecule has 0 aromatic heterocycles. The summed E-state index contributed by atoms with van der Waals surface area (Å²) in [6, 6.07) is 5.11. The van der Waals surface area contributed by atoms with E-state index in [-0.39, 0.29) is 18.4 Å². The van der Waals surface area contributed by atoms with Gasteiger partial charge in [-0.3, -0.25) is 14.4 Å². The number of hydrogen-bond acceptors (Lipinski definition) is 4. The molecule has 2 fully saturated rings. The molecule has 2 heterocycles. The van der Waals surface area contributed by atoms with Gasteiger partial charge in [0.1, 0.15) is 18.0 Å². The molecule has 3 atom stereocenters. The first-order valence-electron chi connectivity index (χ1n) is 9.61. The van der Waals surface area contributed by atoms with Crippen LogP contribution in [0.15, 0.2) is 24.3 Å². The molecule has 3 rings (SSSR count). The van der Waals surface area contributed by atoms with E-state index < -0.39 is 35.8 Å². The number of carboxylic acid groups (broad SMARTS) is 1. The monoisotopic (exact) mass is 421 g/mol. The fraction of sp³-hybridized carbons (Fsp3) is 0.500. The summed E-state index contributed by atoms with van der Waals surface area (Å²) in [5.74, 6) is -3.46. The van der Waals surface area contributed by atoms with Gasteiger partial charge in [-0.05, 0) is 37.0 Å². The molecule has 156 valence electrons. The normalized spacial score (nSPS) is 23.0. The van der Waals surface area contributed by atoms with Crippen LogP contribution in [0.4, 0.5) is 5.69 Å². The predicted molar refractivity (Wildman–Crippen MR) is 106 cm³/mol. The van der Waals surface area contributed by atoms with Crippen molar-refractivity contribution < 1.29 is 24.3 Å². The third kappa shape index (κ3) is 4.22. The quantitative estimate of drug-likeness (QED) is 0.677. The van der Waals surface area contributed by atoms with E-state index in [2.05, 4.69) is 5.32 Å². The second-order valence-electron chi connectivity index (χ2n) is 7.72. The van der Waals surface area contributed by atoms with Crippen molar-refractivity contribution in [2.24, 2.45) is 11.8 Å². The van der Waals surface area contributed by atoms with E-state index in [1.54, 1.807) is 38.1 Å². The third-order valence-electron chi connectivity index (χ3n) is 5.42. The number of hydrogen-bond donors (Lipinski definition) is 2. The van der Waals surface area contributed by atoms with Gasteiger partial charge >= 0.3 is 5.97 Å². The number of anilines is 1. The summed E-state index contributed by atoms with van der Waals surface area (Å²) in [5.41, 5.74) is 0.627. The van der Waals surface area contributed by atoms with Crippen molar-refractivity contribution in [1.82, 2.24) is 10.2 Å². The van der Waals surface area contributed by atoms with Crippen LogP contribution < -0.4 is 10.2 Å². The van der Waals surface area contributed by atoms with Crippen LogP contribution in [0.5, 0.6) is 0 Å². The molecular formula is C20H24ClN3O5. The molecule has 0 aliphatic carbocycles. The number of likely N-dealkylation sites (tertiary alicyclic amines) is 1. The molecule has 0 saturated carbocycles. The summed E-state index contributed by atoms with van der Waals surface area (Å²) in [7, 11) is 0. The van der Waals surface area contributed by atoms with Gasteiger partial charge in [0.15, 0.2) is 0 Å². The van der Waals surface area contributed by atoms with Gasteiger partial charge in [0, 0.05) is 23.8 Å². The van der Waals surface area contributed by atoms with Crippen molar-refractivity contribution >= 4 is 41.0 Å². The van der Waals surface area contributed by atoms with E-state index in [1.165, 1.54) is 9.80 Å². The Balaban J connectivity index is 1.64. The minimum absolute atomic E-state index is 0.256. The third-order valence-corrected chi connectivity index (χ3v) is 5.65. The van der Waals surface area contributed by atoms with E-state index in [4.69, 9.17) is 11.6 Å². The molecule has 1 aromatic rings. The standard InChI is InChI=1S/C20H24ClN3O5/c1-11(2)16(20(28)29)24-9-7-15(19(24)27)22-17(25)14-6-8-23(18(14)26)13-5-3-4-12(21)10-13/h3-5,10-11,14-16H,6-9H2,1-2H3,(H,22,25)(H,28,29). The van der Waals surface area contributed by atoms with E-state index >= 15 is 0 Å². The van der Waals surface area contributed by atoms with Gasteiger partial charge in [-0.2, -0.15) is 0 Å². The summed E-state index contributed by atoms with van der Waals surface area (Å²) >= 11 is 5.98. The molecule has 0 radical (unpaired) electrons. The van der Waals surface area contributed by atoms with Gasteiger partial charge in [-0.25, -0.2) is 4.79 Å². The van der Waals surface area contributed by atoms with Crippen LogP contribution in [0.3, 0.4) is 0 Å². The summed E-state index contributed by atoms with van der Waals surface area (Å²) in [6.45, 7) is 4.11. The highest BCUT2D eigenvalue weighted by molar-refractivity contribution is 6.31. The molecule has 9 heteroatoms. The van der Waals surface area contributed by atoms with Crippen molar-refractivity contribution in [3.8, 4) is 0 Å². The van der Waals surface area contributed by atoms with Crippen molar-refractivity contribution in [1.29, 1.82) is 0 Å². The first kappa shape index (κ1) is 21.1. The molecule has 8 nitrogen and oxygen atoms in total. The average molecular weight is 422 g/mol. The van der Waals surface area contributed by atoms with Crippen LogP contribution in [0, 0.1) is 11.8 Å². The van der Waals surface area contributed by atoms with Gasteiger partial charge in [0.2, 0.25) is 17.7 Å². The summed E-state index contributed by atoms with van der Waals surface area (Å²) in [5, 5.41) is 12.6. The van der Waals surface area contributed by atoms with Crippen LogP contribution in [-0.4, -0.2) is 58.9 Å². The van der Waals surface area contributed by atoms with Crippen molar-refractivity contribution in [2.75, 3.05) is 18.0 Å². The molecule has 29 heavy (non-hydrogen) atoms. The maximum absolute atomic E-state index is 12.7. The number of amides is 3. The Bertz CT molecular complexity index is 843. The number of nitrogens with zero attached hydrogens (tertiary/aromatic N) is 2. The highest BCUT2D eigenvalue weighted by atomic mass is 35.5. The van der Waals surface area contributed by atoms with Crippen molar-refractivity contribution in [3.05, 3.63) is 29.3 Å². The molecule has 2 aliphatic rings. The van der Waals surface area contributed by atoms with Gasteiger partial charge in [-0.15, -0.1) is 0 Å². The molecule has 2 saturated heterocycles. The van der Waals surface area contributed by atoms with E-state index in [1.807, 2.05) is 0 Å². The smallest absolute Gasteiger partial charge is 0.326 e. The van der Waals surface area contributed by atoms with Crippen LogP contribution >= 0.6 is 11.6 Å². The zero-order valence-electron chi connectivity index (χ0n) is 16.3. The molecule has 2 aliphatic heterocycles. The van der Waals surface area contributed by atoms with E-state index in [0.29, 0.717) is 30.1 Å². The zero-order chi connectivity index (χ0) is 21.3. The number of benzene rings is 1. The Kier molecular flexibility index (Phi) is 6.12. The predicted octanol–water partition coefficient (Wildman–Crippen LogP) is 1.52. The van der Waals surface area contributed by atoms with Gasteiger partial charge in [0.05, 0.1) is 0 Å². The molecule has 0 bridgehead atoms. The first-order valence-corrected chi connectivity index (χ1v) is 9.99. The minimum atomic E-state index is -1.07. The van der Waals surface area contributed by atoms with E-state index in [9.17, 15) is 24.3 Å². The molecule has 1 aromatic carbocycles. The average Bonchev–Trinajstić information content (AvgIpc) is 3.19. The van der Waals surface area contributed by atoms with Crippen LogP contribution in [0.25, 0.3) is 0 Å². The topological polar surface area (TPSA) is 107 Å². The molecule has 3 amide bonds. The number of rotatable bonds is 6. The van der Waals surface area contributed by atoms with Gasteiger partial charge < -0.3 is 20.2 Å². The second kappa shape index (κ2) is 8.41. The second-order valence-corrected chi connectivity index (χ2v) is 8.16. The van der Waals surface area contributed by atoms with E-state index in [0.717, 1.165) is 0 Å². The van der Waals surface area contributed by atoms with Crippen LogP contribution in [-0.2, 0) is 19.2 Å². The fourth-order valence-corrected chi connectivity index (χ4v) is 4.17. The molecule has 3 unspecified atom stereocenters. The van der Waals surface area contributed by atoms with Crippen LogP contribution in [0.2, 0.25) is 5.02 Å². The fourth-order valence-electron chi connectivity index (χ4n) is 3.99. The number of aliphatic carboxylic acids is 1. The number of carbonyl (C=O) groups excluding carboxylic acids is 3. The number of carbonyl (C=O) groups is 4. The Morgan fingerprint density at radius 2 is 1.90 bits per heavy atom. The highest BCUT2D eigenvalue weighted by Gasteiger charge is 2.43. The lowest BCUT2D eigenvalue weighted by atomic mass is 10.0. The Hall–Kier alpha value is -2.61. The Morgan fingerprint density at radius 3 is 2.52 bits per heavy atom. The maximum Gasteiger partial charge on any atom is 0.326 e. The van der Waals surface area contributed by atoms with Gasteiger partial charge in [-0.1, -0.05) is 31.5 Å². The maximum atomic E-state index is 12.7. The Morgan fingerprint density at radius 1 is 1.17 bits per heavy atom. The van der Waals surface area contributed by atoms with Gasteiger partial charge in [0.25, 0.3) is 0 Å². The van der Waals surface area contributed by atoms with Crippen LogP contribution in [0.1, 0.15) is 26.7 Å². The largest absolute Gasteiger partial charge is 0.480 e. The van der Waals surface area contributed by atoms with Crippen molar-refractivity contribution in [2.45, 2.75) is 38.8 Å². The zero-order valence-corrected chi connectivity index (χ0v) is 17.1. The number of halogens is 1. The summed E-state index contributed by atoms with van der Waals surface area (Å²) < 4.78 is 0. The first-order chi connectivity index (χ1) is 13.7. The Labute approximate surface area is 173 Å². The van der Waals surface area contributed by atoms with Crippen molar-refractivity contribution in [3.63, 3.8) is 0 Å². The summed E-state index contributed by atoms with van der Waals surface area (Å²) in [6.07, 6.45) is 0.658. The molecular weight excluding hydrogens is 398 g/mol. The summed E-state index contributed by atoms with van der Waals surface area (Å²) in [4.78, 5) is 52.4. The highest BCUT2D eigenvalue weighted by Crippen LogP contribution is 2.28. The lowest BCUT2D eigenvalue weighted by Gasteiger charge is -2.27. The lowest BCUT2D eigenvalue weighted by Crippen LogP contribution is -2.50.